The standard InChI is InChI=1S/C21H31ClN2/c1-4-23-11-13-24(14-12-23)16-18-9-10-21(2,3)15-20(18)17-5-7-19(22)8-6-17/h5-8H,4,9-16H2,1-3H3. The Morgan fingerprint density at radius 1 is 1.00 bits per heavy atom. The molecule has 0 N–H and O–H groups in total. The smallest absolute Gasteiger partial charge is 0.0406 e. The second-order valence-electron chi connectivity index (χ2n) is 8.14. The number of piperazine rings is 1. The lowest BCUT2D eigenvalue weighted by Crippen LogP contribution is -2.46. The van der Waals surface area contributed by atoms with Gasteiger partial charge in [-0.1, -0.05) is 50.1 Å². The first kappa shape index (κ1) is 18.0. The van der Waals surface area contributed by atoms with E-state index in [0.29, 0.717) is 5.41 Å². The topological polar surface area (TPSA) is 6.48 Å². The number of likely N-dealkylation sites (N-methyl/N-ethyl adjacent to an activating group) is 1. The second-order valence-corrected chi connectivity index (χ2v) is 8.58. The molecule has 2 aliphatic rings. The summed E-state index contributed by atoms with van der Waals surface area (Å²) in [5, 5.41) is 0.826. The fraction of sp³-hybridized carbons (Fsp3) is 0.619. The number of benzene rings is 1. The molecule has 2 nitrogen and oxygen atoms in total. The average molecular weight is 347 g/mol. The van der Waals surface area contributed by atoms with Crippen molar-refractivity contribution in [3.8, 4) is 0 Å². The largest absolute Gasteiger partial charge is 0.301 e. The normalized spacial score (nSPS) is 22.8. The highest BCUT2D eigenvalue weighted by Gasteiger charge is 2.29. The van der Waals surface area contributed by atoms with Crippen LogP contribution in [0.3, 0.4) is 0 Å². The van der Waals surface area contributed by atoms with E-state index in [1.54, 1.807) is 11.1 Å². The maximum Gasteiger partial charge on any atom is 0.0406 e. The van der Waals surface area contributed by atoms with Gasteiger partial charge >= 0.3 is 0 Å². The first-order valence-corrected chi connectivity index (χ1v) is 9.76. The van der Waals surface area contributed by atoms with Crippen molar-refractivity contribution in [2.45, 2.75) is 40.0 Å². The van der Waals surface area contributed by atoms with Gasteiger partial charge in [0.15, 0.2) is 0 Å². The van der Waals surface area contributed by atoms with Crippen LogP contribution in [0.15, 0.2) is 29.8 Å². The van der Waals surface area contributed by atoms with Crippen LogP contribution in [0.25, 0.3) is 5.57 Å². The minimum Gasteiger partial charge on any atom is -0.301 e. The molecule has 1 saturated heterocycles. The van der Waals surface area contributed by atoms with E-state index in [2.05, 4.69) is 42.7 Å². The highest BCUT2D eigenvalue weighted by molar-refractivity contribution is 6.30. The van der Waals surface area contributed by atoms with E-state index in [4.69, 9.17) is 11.6 Å². The minimum absolute atomic E-state index is 0.402. The highest BCUT2D eigenvalue weighted by atomic mass is 35.5. The van der Waals surface area contributed by atoms with Crippen LogP contribution in [0, 0.1) is 5.41 Å². The summed E-state index contributed by atoms with van der Waals surface area (Å²) in [6.45, 7) is 14.2. The number of allylic oxidation sites excluding steroid dienone is 1. The lowest BCUT2D eigenvalue weighted by Gasteiger charge is -2.38. The molecular weight excluding hydrogens is 316 g/mol. The van der Waals surface area contributed by atoms with E-state index in [-0.39, 0.29) is 0 Å². The Labute approximate surface area is 152 Å². The summed E-state index contributed by atoms with van der Waals surface area (Å²) >= 11 is 6.10. The Balaban J connectivity index is 1.79. The molecule has 0 spiro atoms. The Morgan fingerprint density at radius 2 is 1.62 bits per heavy atom. The molecule has 1 aliphatic heterocycles. The Bertz CT molecular complexity index is 580. The predicted octanol–water partition coefficient (Wildman–Crippen LogP) is 4.94. The van der Waals surface area contributed by atoms with Crippen molar-refractivity contribution in [1.82, 2.24) is 9.80 Å². The lowest BCUT2D eigenvalue weighted by atomic mass is 9.72. The molecule has 0 aromatic heterocycles. The van der Waals surface area contributed by atoms with Crippen LogP contribution in [-0.2, 0) is 0 Å². The molecule has 0 unspecified atom stereocenters. The van der Waals surface area contributed by atoms with Gasteiger partial charge < -0.3 is 4.90 Å². The van der Waals surface area contributed by atoms with Crippen LogP contribution >= 0.6 is 11.6 Å². The molecule has 1 fully saturated rings. The molecular formula is C21H31ClN2. The number of rotatable bonds is 4. The minimum atomic E-state index is 0.402. The Morgan fingerprint density at radius 3 is 2.25 bits per heavy atom. The van der Waals surface area contributed by atoms with Gasteiger partial charge in [0.2, 0.25) is 0 Å². The molecule has 0 atom stereocenters. The molecule has 0 radical (unpaired) electrons. The number of nitrogens with zero attached hydrogens (tertiary/aromatic N) is 2. The highest BCUT2D eigenvalue weighted by Crippen LogP contribution is 2.43. The van der Waals surface area contributed by atoms with Gasteiger partial charge in [0.25, 0.3) is 0 Å². The molecule has 0 bridgehead atoms. The van der Waals surface area contributed by atoms with Gasteiger partial charge in [0.1, 0.15) is 0 Å². The van der Waals surface area contributed by atoms with Crippen LogP contribution in [0.5, 0.6) is 0 Å². The van der Waals surface area contributed by atoms with Crippen LogP contribution in [0.4, 0.5) is 0 Å². The molecule has 0 amide bonds. The first-order chi connectivity index (χ1) is 11.5. The maximum absolute atomic E-state index is 6.10. The number of hydrogen-bond donors (Lipinski definition) is 0. The zero-order chi connectivity index (χ0) is 17.2. The molecule has 1 heterocycles. The van der Waals surface area contributed by atoms with Crippen LogP contribution < -0.4 is 0 Å². The van der Waals surface area contributed by atoms with Gasteiger partial charge in [-0.25, -0.2) is 0 Å². The number of hydrogen-bond acceptors (Lipinski definition) is 2. The molecule has 3 rings (SSSR count). The molecule has 3 heteroatoms. The first-order valence-electron chi connectivity index (χ1n) is 9.38. The summed E-state index contributed by atoms with van der Waals surface area (Å²) in [6, 6.07) is 8.47. The third kappa shape index (κ3) is 4.41. The van der Waals surface area contributed by atoms with E-state index in [1.165, 1.54) is 57.5 Å². The Hall–Kier alpha value is -0.830. The maximum atomic E-state index is 6.10. The third-order valence-electron chi connectivity index (χ3n) is 5.70. The van der Waals surface area contributed by atoms with Crippen LogP contribution in [-0.4, -0.2) is 49.1 Å². The Kier molecular flexibility index (Phi) is 5.69. The molecule has 1 aromatic rings. The summed E-state index contributed by atoms with van der Waals surface area (Å²) in [6.07, 6.45) is 3.71. The van der Waals surface area contributed by atoms with Gasteiger partial charge in [-0.05, 0) is 54.5 Å². The van der Waals surface area contributed by atoms with E-state index in [9.17, 15) is 0 Å². The fourth-order valence-electron chi connectivity index (χ4n) is 4.00. The SMILES string of the molecule is CCN1CCN(CC2=C(c3ccc(Cl)cc3)CC(C)(C)CC2)CC1. The van der Waals surface area contributed by atoms with Crippen molar-refractivity contribution >= 4 is 17.2 Å². The van der Waals surface area contributed by atoms with Gasteiger partial charge in [0, 0.05) is 37.7 Å². The lowest BCUT2D eigenvalue weighted by molar-refractivity contribution is 0.144. The predicted molar refractivity (Wildman–Crippen MR) is 105 cm³/mol. The van der Waals surface area contributed by atoms with E-state index in [0.717, 1.165) is 11.6 Å². The quantitative estimate of drug-likeness (QED) is 0.761. The van der Waals surface area contributed by atoms with Crippen molar-refractivity contribution in [3.63, 3.8) is 0 Å². The summed E-state index contributed by atoms with van der Waals surface area (Å²) in [5.74, 6) is 0. The van der Waals surface area contributed by atoms with Gasteiger partial charge in [-0.15, -0.1) is 0 Å². The van der Waals surface area contributed by atoms with Crippen molar-refractivity contribution in [3.05, 3.63) is 40.4 Å². The molecule has 1 aliphatic carbocycles. The number of halogens is 1. The summed E-state index contributed by atoms with van der Waals surface area (Å²) in [7, 11) is 0. The van der Waals surface area contributed by atoms with Gasteiger partial charge in [-0.3, -0.25) is 4.90 Å². The summed E-state index contributed by atoms with van der Waals surface area (Å²) < 4.78 is 0. The van der Waals surface area contributed by atoms with Crippen LogP contribution in [0.1, 0.15) is 45.6 Å². The van der Waals surface area contributed by atoms with E-state index < -0.39 is 0 Å². The van der Waals surface area contributed by atoms with E-state index >= 15 is 0 Å². The van der Waals surface area contributed by atoms with Crippen molar-refractivity contribution in [2.75, 3.05) is 39.3 Å². The second kappa shape index (κ2) is 7.59. The van der Waals surface area contributed by atoms with Crippen molar-refractivity contribution in [1.29, 1.82) is 0 Å². The van der Waals surface area contributed by atoms with Crippen LogP contribution in [0.2, 0.25) is 5.02 Å². The molecule has 132 valence electrons. The van der Waals surface area contributed by atoms with Crippen molar-refractivity contribution in [2.24, 2.45) is 5.41 Å². The van der Waals surface area contributed by atoms with Gasteiger partial charge in [-0.2, -0.15) is 0 Å². The van der Waals surface area contributed by atoms with E-state index in [1.807, 2.05) is 12.1 Å². The molecule has 1 aromatic carbocycles. The fourth-order valence-corrected chi connectivity index (χ4v) is 4.12. The third-order valence-corrected chi connectivity index (χ3v) is 5.96. The molecule has 24 heavy (non-hydrogen) atoms. The zero-order valence-corrected chi connectivity index (χ0v) is 16.2. The monoisotopic (exact) mass is 346 g/mol. The van der Waals surface area contributed by atoms with Crippen molar-refractivity contribution < 1.29 is 0 Å². The summed E-state index contributed by atoms with van der Waals surface area (Å²) in [4.78, 5) is 5.20. The summed E-state index contributed by atoms with van der Waals surface area (Å²) in [5.41, 5.74) is 5.00. The van der Waals surface area contributed by atoms with Gasteiger partial charge in [0.05, 0.1) is 0 Å². The zero-order valence-electron chi connectivity index (χ0n) is 15.4. The molecule has 0 saturated carbocycles. The average Bonchev–Trinajstić information content (AvgIpc) is 2.58.